The van der Waals surface area contributed by atoms with Crippen molar-refractivity contribution in [2.24, 2.45) is 0 Å². The third kappa shape index (κ3) is 5.29. The maximum Gasteiger partial charge on any atom is 0.263 e. The molecule has 0 atom stereocenters. The normalized spacial score (nSPS) is 11.0. The van der Waals surface area contributed by atoms with Crippen molar-refractivity contribution in [3.63, 3.8) is 0 Å². The summed E-state index contributed by atoms with van der Waals surface area (Å²) in [4.78, 5) is 31.9. The number of benzene rings is 2. The molecule has 0 aliphatic rings. The van der Waals surface area contributed by atoms with Gasteiger partial charge in [0, 0.05) is 17.1 Å². The molecule has 2 aromatic carbocycles. The molecular weight excluding hydrogens is 454 g/mol. The first-order valence-electron chi connectivity index (χ1n) is 10.7. The van der Waals surface area contributed by atoms with E-state index in [9.17, 15) is 9.59 Å². The van der Waals surface area contributed by atoms with E-state index in [4.69, 9.17) is 4.74 Å². The highest BCUT2D eigenvalue weighted by atomic mass is 32.2. The summed E-state index contributed by atoms with van der Waals surface area (Å²) in [6, 6.07) is 17.2. The Morgan fingerprint density at radius 3 is 2.55 bits per heavy atom. The molecule has 33 heavy (non-hydrogen) atoms. The van der Waals surface area contributed by atoms with Crippen molar-refractivity contribution in [2.75, 3.05) is 11.1 Å². The second-order valence-corrected chi connectivity index (χ2v) is 9.69. The molecule has 6 nitrogen and oxygen atoms in total. The average Bonchev–Trinajstić information content (AvgIpc) is 3.11. The van der Waals surface area contributed by atoms with Crippen LogP contribution in [0, 0.1) is 13.8 Å². The summed E-state index contributed by atoms with van der Waals surface area (Å²) >= 11 is 2.79. The second-order valence-electron chi connectivity index (χ2n) is 7.54. The van der Waals surface area contributed by atoms with Crippen molar-refractivity contribution >= 4 is 44.9 Å². The van der Waals surface area contributed by atoms with E-state index in [1.165, 1.54) is 23.1 Å². The van der Waals surface area contributed by atoms with Gasteiger partial charge < -0.3 is 10.1 Å². The Balaban J connectivity index is 1.37. The molecule has 4 rings (SSSR count). The van der Waals surface area contributed by atoms with E-state index < -0.39 is 0 Å². The van der Waals surface area contributed by atoms with Gasteiger partial charge in [0.25, 0.3) is 5.56 Å². The van der Waals surface area contributed by atoms with Gasteiger partial charge in [-0.05, 0) is 56.2 Å². The molecule has 170 valence electrons. The summed E-state index contributed by atoms with van der Waals surface area (Å²) < 4.78 is 7.42. The lowest BCUT2D eigenvalue weighted by atomic mass is 10.2. The number of fused-ring (bicyclic) bond motifs is 1. The quantitative estimate of drug-likeness (QED) is 0.270. The number of nitrogens with one attached hydrogen (secondary N) is 1. The van der Waals surface area contributed by atoms with Gasteiger partial charge in [-0.2, -0.15) is 0 Å². The van der Waals surface area contributed by atoms with Crippen LogP contribution in [-0.4, -0.2) is 21.2 Å². The number of amides is 1. The van der Waals surface area contributed by atoms with Crippen molar-refractivity contribution in [3.8, 4) is 5.75 Å². The molecule has 8 heteroatoms. The van der Waals surface area contributed by atoms with E-state index in [2.05, 4.69) is 10.3 Å². The topological polar surface area (TPSA) is 73.2 Å². The zero-order valence-electron chi connectivity index (χ0n) is 18.8. The van der Waals surface area contributed by atoms with Gasteiger partial charge in [0.05, 0.1) is 11.1 Å². The van der Waals surface area contributed by atoms with Crippen molar-refractivity contribution in [3.05, 3.63) is 81.0 Å². The maximum absolute atomic E-state index is 12.9. The monoisotopic (exact) mass is 479 g/mol. The van der Waals surface area contributed by atoms with Crippen LogP contribution >= 0.6 is 23.1 Å². The van der Waals surface area contributed by atoms with E-state index in [0.717, 1.165) is 26.6 Å². The van der Waals surface area contributed by atoms with Crippen LogP contribution in [-0.2, 0) is 17.9 Å². The maximum atomic E-state index is 12.9. The lowest BCUT2D eigenvalue weighted by Gasteiger charge is -2.11. The fourth-order valence-corrected chi connectivity index (χ4v) is 5.33. The fraction of sp³-hybridized carbons (Fsp3) is 0.240. The number of nitrogens with zero attached hydrogens (tertiary/aromatic N) is 2. The number of hydrogen-bond acceptors (Lipinski definition) is 6. The number of aromatic nitrogens is 2. The van der Waals surface area contributed by atoms with Gasteiger partial charge in [0.15, 0.2) is 5.16 Å². The van der Waals surface area contributed by atoms with Gasteiger partial charge in [-0.15, -0.1) is 11.3 Å². The van der Waals surface area contributed by atoms with Crippen LogP contribution in [0.15, 0.2) is 64.5 Å². The Kier molecular flexibility index (Phi) is 7.15. The van der Waals surface area contributed by atoms with Crippen LogP contribution in [0.4, 0.5) is 5.69 Å². The van der Waals surface area contributed by atoms with Crippen LogP contribution in [0.1, 0.15) is 22.9 Å². The molecule has 2 aromatic heterocycles. The molecule has 1 N–H and O–H groups in total. The van der Waals surface area contributed by atoms with Crippen molar-refractivity contribution in [1.82, 2.24) is 9.55 Å². The Bertz CT molecular complexity index is 1330. The van der Waals surface area contributed by atoms with E-state index >= 15 is 0 Å². The highest BCUT2D eigenvalue weighted by molar-refractivity contribution is 7.99. The molecule has 1 amide bonds. The fourth-order valence-electron chi connectivity index (χ4n) is 3.40. The van der Waals surface area contributed by atoms with Gasteiger partial charge >= 0.3 is 0 Å². The second kappa shape index (κ2) is 10.2. The number of hydrogen-bond donors (Lipinski definition) is 1. The van der Waals surface area contributed by atoms with Gasteiger partial charge in [-0.25, -0.2) is 4.98 Å². The van der Waals surface area contributed by atoms with Crippen LogP contribution in [0.2, 0.25) is 0 Å². The number of carbonyl (C=O) groups is 1. The van der Waals surface area contributed by atoms with E-state index in [1.807, 2.05) is 75.4 Å². The smallest absolute Gasteiger partial charge is 0.263 e. The third-order valence-corrected chi connectivity index (χ3v) is 7.37. The molecule has 0 saturated heterocycles. The summed E-state index contributed by atoms with van der Waals surface area (Å²) in [7, 11) is 0. The number of aryl methyl sites for hydroxylation is 2. The Morgan fingerprint density at radius 2 is 1.85 bits per heavy atom. The van der Waals surface area contributed by atoms with Crippen LogP contribution < -0.4 is 15.6 Å². The zero-order chi connectivity index (χ0) is 23.4. The van der Waals surface area contributed by atoms with E-state index in [1.54, 1.807) is 4.57 Å². The summed E-state index contributed by atoms with van der Waals surface area (Å²) in [6.07, 6.45) is 0. The first-order valence-corrected chi connectivity index (χ1v) is 12.5. The minimum Gasteiger partial charge on any atom is -0.489 e. The minimum absolute atomic E-state index is 0.0432. The Hall–Kier alpha value is -3.10. The SMILES string of the molecule is CCn1c(SCC(=O)Nc2ccc(OCc3ccccc3)cc2)nc2sc(C)c(C)c2c1=O. The summed E-state index contributed by atoms with van der Waals surface area (Å²) in [5, 5.41) is 4.14. The molecule has 0 fully saturated rings. The average molecular weight is 480 g/mol. The highest BCUT2D eigenvalue weighted by Crippen LogP contribution is 2.28. The molecule has 0 unspecified atom stereocenters. The predicted octanol–water partition coefficient (Wildman–Crippen LogP) is 5.40. The lowest BCUT2D eigenvalue weighted by Crippen LogP contribution is -2.23. The summed E-state index contributed by atoms with van der Waals surface area (Å²) in [5.74, 6) is 0.735. The van der Waals surface area contributed by atoms with Gasteiger partial charge in [0.1, 0.15) is 17.2 Å². The number of thiophene rings is 1. The van der Waals surface area contributed by atoms with E-state index in [0.29, 0.717) is 29.4 Å². The van der Waals surface area contributed by atoms with Gasteiger partial charge in [0.2, 0.25) is 5.91 Å². The van der Waals surface area contributed by atoms with Gasteiger partial charge in [-0.1, -0.05) is 42.1 Å². The van der Waals surface area contributed by atoms with Gasteiger partial charge in [-0.3, -0.25) is 14.2 Å². The summed E-state index contributed by atoms with van der Waals surface area (Å²) in [6.45, 7) is 6.85. The van der Waals surface area contributed by atoms with Crippen molar-refractivity contribution < 1.29 is 9.53 Å². The first-order chi connectivity index (χ1) is 16.0. The number of thioether (sulfide) groups is 1. The molecule has 0 saturated carbocycles. The Labute approximate surface area is 200 Å². The third-order valence-electron chi connectivity index (χ3n) is 5.29. The van der Waals surface area contributed by atoms with E-state index in [-0.39, 0.29) is 17.2 Å². The summed E-state index contributed by atoms with van der Waals surface area (Å²) in [5.41, 5.74) is 2.73. The van der Waals surface area contributed by atoms with Crippen LogP contribution in [0.5, 0.6) is 5.75 Å². The molecule has 0 aliphatic carbocycles. The first kappa shape index (κ1) is 23.1. The number of ether oxygens (including phenoxy) is 1. The molecule has 0 bridgehead atoms. The standard InChI is InChI=1S/C25H25N3O3S2/c1-4-28-24(30)22-16(2)17(3)33-23(22)27-25(28)32-15-21(29)26-19-10-12-20(13-11-19)31-14-18-8-6-5-7-9-18/h5-13H,4,14-15H2,1-3H3,(H,26,29). The van der Waals surface area contributed by atoms with Crippen LogP contribution in [0.25, 0.3) is 10.2 Å². The zero-order valence-corrected chi connectivity index (χ0v) is 20.4. The highest BCUT2D eigenvalue weighted by Gasteiger charge is 2.17. The lowest BCUT2D eigenvalue weighted by molar-refractivity contribution is -0.113. The molecule has 0 spiro atoms. The number of carbonyl (C=O) groups excluding carboxylic acids is 1. The Morgan fingerprint density at radius 1 is 1.12 bits per heavy atom. The largest absolute Gasteiger partial charge is 0.489 e. The number of rotatable bonds is 8. The molecule has 2 heterocycles. The molecular formula is C25H25N3O3S2. The number of anilines is 1. The molecule has 0 radical (unpaired) electrons. The van der Waals surface area contributed by atoms with Crippen molar-refractivity contribution in [2.45, 2.75) is 39.1 Å². The minimum atomic E-state index is -0.159. The molecule has 0 aliphatic heterocycles. The van der Waals surface area contributed by atoms with Crippen LogP contribution in [0.3, 0.4) is 0 Å². The predicted molar refractivity (Wildman–Crippen MR) is 136 cm³/mol. The molecule has 4 aromatic rings. The van der Waals surface area contributed by atoms with Crippen molar-refractivity contribution in [1.29, 1.82) is 0 Å².